The van der Waals surface area contributed by atoms with Gasteiger partial charge in [-0.15, -0.1) is 0 Å². The van der Waals surface area contributed by atoms with Gasteiger partial charge in [0, 0.05) is 42.2 Å². The van der Waals surface area contributed by atoms with Crippen molar-refractivity contribution in [2.45, 2.75) is 0 Å². The van der Waals surface area contributed by atoms with Crippen LogP contribution in [-0.2, 0) is 7.05 Å². The maximum Gasteiger partial charge on any atom is 0.135 e. The number of hydrogen-bond donors (Lipinski definition) is 2. The van der Waals surface area contributed by atoms with Crippen LogP contribution >= 0.6 is 0 Å². The van der Waals surface area contributed by atoms with Crippen LogP contribution in [0.25, 0.3) is 55.8 Å². The van der Waals surface area contributed by atoms with Gasteiger partial charge in [0.05, 0.1) is 40.5 Å². The summed E-state index contributed by atoms with van der Waals surface area (Å²) in [6.45, 7) is 0. The second-order valence-corrected chi connectivity index (χ2v) is 7.11. The Labute approximate surface area is 170 Å². The van der Waals surface area contributed by atoms with E-state index >= 15 is 0 Å². The minimum atomic E-state index is 0.763. The molecule has 0 atom stereocenters. The molecular weight excluding hydrogens is 376 g/mol. The van der Waals surface area contributed by atoms with Crippen molar-refractivity contribution in [2.75, 3.05) is 0 Å². The number of aromatic nitrogens is 8. The van der Waals surface area contributed by atoms with Crippen molar-refractivity contribution in [3.8, 4) is 33.9 Å². The third-order valence-corrected chi connectivity index (χ3v) is 5.15. The normalized spacial score (nSPS) is 11.5. The van der Waals surface area contributed by atoms with Gasteiger partial charge in [0.15, 0.2) is 0 Å². The average Bonchev–Trinajstić information content (AvgIpc) is 3.50. The van der Waals surface area contributed by atoms with Crippen molar-refractivity contribution < 1.29 is 0 Å². The van der Waals surface area contributed by atoms with E-state index < -0.39 is 0 Å². The molecule has 0 amide bonds. The molecule has 8 heteroatoms. The monoisotopic (exact) mass is 392 g/mol. The first kappa shape index (κ1) is 16.6. The summed E-state index contributed by atoms with van der Waals surface area (Å²) in [6.07, 6.45) is 9.19. The van der Waals surface area contributed by atoms with Crippen LogP contribution in [0.1, 0.15) is 0 Å². The number of aromatic amines is 2. The maximum absolute atomic E-state index is 4.85. The summed E-state index contributed by atoms with van der Waals surface area (Å²) in [4.78, 5) is 17.1. The highest BCUT2D eigenvalue weighted by Gasteiger charge is 2.16. The average molecular weight is 392 g/mol. The Morgan fingerprint density at radius 1 is 0.967 bits per heavy atom. The molecule has 6 aromatic rings. The van der Waals surface area contributed by atoms with E-state index in [1.165, 1.54) is 0 Å². The van der Waals surface area contributed by atoms with Crippen LogP contribution in [-0.4, -0.2) is 39.9 Å². The number of pyridine rings is 3. The van der Waals surface area contributed by atoms with E-state index in [4.69, 9.17) is 4.98 Å². The molecule has 0 fully saturated rings. The molecule has 144 valence electrons. The van der Waals surface area contributed by atoms with Crippen LogP contribution in [0.15, 0.2) is 67.4 Å². The number of aryl methyl sites for hydroxylation is 1. The standard InChI is InChI=1S/C22H16N8/c1-30-12-13(9-25-30)16-5-6-18-21(27-16)22(29-28-18)19-8-14-15(10-23-11-20(14)26-19)17-4-2-3-7-24-17/h2-12,26H,1H3,(H,28,29). The molecule has 6 rings (SSSR count). The fraction of sp³-hybridized carbons (Fsp3) is 0.0455. The minimum absolute atomic E-state index is 0.763. The van der Waals surface area contributed by atoms with Crippen molar-refractivity contribution in [3.05, 3.63) is 67.4 Å². The lowest BCUT2D eigenvalue weighted by Gasteiger charge is -2.00. The molecule has 8 nitrogen and oxygen atoms in total. The Balaban J connectivity index is 1.52. The summed E-state index contributed by atoms with van der Waals surface area (Å²) in [5.41, 5.74) is 7.90. The smallest absolute Gasteiger partial charge is 0.135 e. The van der Waals surface area contributed by atoms with Crippen LogP contribution in [0.4, 0.5) is 0 Å². The Kier molecular flexibility index (Phi) is 3.51. The second-order valence-electron chi connectivity index (χ2n) is 7.11. The second kappa shape index (κ2) is 6.35. The molecule has 0 radical (unpaired) electrons. The molecule has 0 aliphatic rings. The van der Waals surface area contributed by atoms with Crippen LogP contribution in [0, 0.1) is 0 Å². The first-order valence-electron chi connectivity index (χ1n) is 9.49. The van der Waals surface area contributed by atoms with Gasteiger partial charge in [-0.3, -0.25) is 19.7 Å². The molecule has 0 spiro atoms. The van der Waals surface area contributed by atoms with E-state index in [2.05, 4.69) is 36.3 Å². The lowest BCUT2D eigenvalue weighted by molar-refractivity contribution is 0.768. The number of nitrogens with one attached hydrogen (secondary N) is 2. The molecule has 0 saturated heterocycles. The zero-order valence-electron chi connectivity index (χ0n) is 16.0. The highest BCUT2D eigenvalue weighted by Crippen LogP contribution is 2.32. The summed E-state index contributed by atoms with van der Waals surface area (Å²) in [5.74, 6) is 0. The number of nitrogens with zero attached hydrogens (tertiary/aromatic N) is 6. The van der Waals surface area contributed by atoms with E-state index in [9.17, 15) is 0 Å². The largest absolute Gasteiger partial charge is 0.352 e. The highest BCUT2D eigenvalue weighted by molar-refractivity contribution is 5.99. The van der Waals surface area contributed by atoms with Gasteiger partial charge in [-0.05, 0) is 30.3 Å². The van der Waals surface area contributed by atoms with Gasteiger partial charge in [0.2, 0.25) is 0 Å². The van der Waals surface area contributed by atoms with Crippen LogP contribution < -0.4 is 0 Å². The topological polar surface area (TPSA) is 101 Å². The highest BCUT2D eigenvalue weighted by atomic mass is 15.2. The number of rotatable bonds is 3. The predicted molar refractivity (Wildman–Crippen MR) is 114 cm³/mol. The summed E-state index contributed by atoms with van der Waals surface area (Å²) in [7, 11) is 1.89. The van der Waals surface area contributed by atoms with Gasteiger partial charge < -0.3 is 4.98 Å². The third kappa shape index (κ3) is 2.58. The Morgan fingerprint density at radius 2 is 1.93 bits per heavy atom. The first-order chi connectivity index (χ1) is 14.8. The molecule has 30 heavy (non-hydrogen) atoms. The van der Waals surface area contributed by atoms with Crippen molar-refractivity contribution in [1.82, 2.24) is 39.9 Å². The van der Waals surface area contributed by atoms with E-state index in [-0.39, 0.29) is 0 Å². The lowest BCUT2D eigenvalue weighted by Crippen LogP contribution is -1.86. The molecule has 0 aliphatic heterocycles. The van der Waals surface area contributed by atoms with Crippen molar-refractivity contribution in [3.63, 3.8) is 0 Å². The minimum Gasteiger partial charge on any atom is -0.352 e. The van der Waals surface area contributed by atoms with E-state index in [1.807, 2.05) is 62.2 Å². The molecule has 0 aliphatic carbocycles. The van der Waals surface area contributed by atoms with Crippen LogP contribution in [0.3, 0.4) is 0 Å². The van der Waals surface area contributed by atoms with Crippen molar-refractivity contribution in [1.29, 1.82) is 0 Å². The Bertz CT molecular complexity index is 1510. The van der Waals surface area contributed by atoms with Crippen molar-refractivity contribution in [2.24, 2.45) is 7.05 Å². The molecule has 0 aromatic carbocycles. The molecule has 0 unspecified atom stereocenters. The van der Waals surface area contributed by atoms with Gasteiger partial charge in [-0.2, -0.15) is 10.2 Å². The molecule has 6 heterocycles. The number of hydrogen-bond acceptors (Lipinski definition) is 5. The third-order valence-electron chi connectivity index (χ3n) is 5.15. The van der Waals surface area contributed by atoms with E-state index in [1.54, 1.807) is 10.9 Å². The van der Waals surface area contributed by atoms with Crippen molar-refractivity contribution >= 4 is 21.9 Å². The summed E-state index contributed by atoms with van der Waals surface area (Å²) >= 11 is 0. The molecular formula is C22H16N8. The fourth-order valence-corrected chi connectivity index (χ4v) is 3.71. The summed E-state index contributed by atoms with van der Waals surface area (Å²) in [6, 6.07) is 11.9. The lowest BCUT2D eigenvalue weighted by atomic mass is 10.1. The van der Waals surface area contributed by atoms with E-state index in [0.717, 1.165) is 55.8 Å². The van der Waals surface area contributed by atoms with Gasteiger partial charge in [-0.25, -0.2) is 4.98 Å². The first-order valence-corrected chi connectivity index (χ1v) is 9.49. The zero-order valence-corrected chi connectivity index (χ0v) is 16.0. The van der Waals surface area contributed by atoms with Crippen LogP contribution in [0.2, 0.25) is 0 Å². The zero-order chi connectivity index (χ0) is 20.1. The molecule has 2 N–H and O–H groups in total. The maximum atomic E-state index is 4.85. The SMILES string of the molecule is Cn1cc(-c2ccc3[nH]nc(-c4cc5c(-c6ccccn6)cncc5[nH]4)c3n2)cn1. The van der Waals surface area contributed by atoms with E-state index in [0.29, 0.717) is 0 Å². The van der Waals surface area contributed by atoms with Gasteiger partial charge in [-0.1, -0.05) is 6.07 Å². The van der Waals surface area contributed by atoms with Gasteiger partial charge in [0.1, 0.15) is 11.2 Å². The summed E-state index contributed by atoms with van der Waals surface area (Å²) < 4.78 is 1.77. The number of H-pyrrole nitrogens is 2. The number of fused-ring (bicyclic) bond motifs is 2. The summed E-state index contributed by atoms with van der Waals surface area (Å²) in [5, 5.41) is 12.9. The molecule has 0 bridgehead atoms. The van der Waals surface area contributed by atoms with Gasteiger partial charge in [0.25, 0.3) is 0 Å². The predicted octanol–water partition coefficient (Wildman–Crippen LogP) is 3.96. The Hall–Kier alpha value is -4.33. The van der Waals surface area contributed by atoms with Crippen LogP contribution in [0.5, 0.6) is 0 Å². The molecule has 0 saturated carbocycles. The molecule has 6 aromatic heterocycles. The Morgan fingerprint density at radius 3 is 2.77 bits per heavy atom. The van der Waals surface area contributed by atoms with Gasteiger partial charge >= 0.3 is 0 Å². The fourth-order valence-electron chi connectivity index (χ4n) is 3.71. The quantitative estimate of drug-likeness (QED) is 0.475.